The molecule has 0 unspecified atom stereocenters. The molecule has 174 valence electrons. The van der Waals surface area contributed by atoms with Crippen molar-refractivity contribution in [2.45, 2.75) is 91.2 Å². The van der Waals surface area contributed by atoms with Crippen molar-refractivity contribution in [3.63, 3.8) is 0 Å². The first-order chi connectivity index (χ1) is 14.8. The quantitative estimate of drug-likeness (QED) is 0.424. The standard InChI is InChI=1S/C28H40O2P2/c1-17(2)25-29-21-15-11-13-19(23(21)31(25)27(5,6)7)20-14-12-16-22-24(20)32(28(8,9)10)26(30-22)18(3)4/h11-18,25-26H,1-10H3/t25-,26-,31+,32+/m0/s1. The van der Waals surface area contributed by atoms with Gasteiger partial charge in [0.25, 0.3) is 0 Å². The molecule has 2 aliphatic heterocycles. The van der Waals surface area contributed by atoms with Crippen molar-refractivity contribution in [1.29, 1.82) is 0 Å². The van der Waals surface area contributed by atoms with Crippen molar-refractivity contribution in [2.75, 3.05) is 0 Å². The lowest BCUT2D eigenvalue weighted by atomic mass is 10.0. The van der Waals surface area contributed by atoms with Gasteiger partial charge in [0.15, 0.2) is 0 Å². The highest BCUT2D eigenvalue weighted by Gasteiger charge is 2.47. The fraction of sp³-hybridized carbons (Fsp3) is 0.571. The second-order valence-corrected chi connectivity index (χ2v) is 18.0. The van der Waals surface area contributed by atoms with Gasteiger partial charge in [-0.1, -0.05) is 93.5 Å². The maximum atomic E-state index is 6.65. The number of hydrogen-bond donors (Lipinski definition) is 0. The van der Waals surface area contributed by atoms with E-state index in [-0.39, 0.29) is 22.0 Å². The highest BCUT2D eigenvalue weighted by atomic mass is 31.1. The van der Waals surface area contributed by atoms with E-state index in [0.29, 0.717) is 11.8 Å². The van der Waals surface area contributed by atoms with Crippen LogP contribution in [0.2, 0.25) is 0 Å². The van der Waals surface area contributed by atoms with Crippen LogP contribution in [0.3, 0.4) is 0 Å². The second-order valence-electron chi connectivity index (χ2n) is 11.9. The van der Waals surface area contributed by atoms with Crippen LogP contribution in [0.15, 0.2) is 36.4 Å². The first-order valence-electron chi connectivity index (χ1n) is 12.0. The van der Waals surface area contributed by atoms with Crippen LogP contribution in [0, 0.1) is 11.8 Å². The summed E-state index contributed by atoms with van der Waals surface area (Å²) in [5, 5.41) is 3.27. The van der Waals surface area contributed by atoms with Crippen LogP contribution < -0.4 is 20.1 Å². The molecule has 0 radical (unpaired) electrons. The van der Waals surface area contributed by atoms with Gasteiger partial charge in [0.1, 0.15) is 23.2 Å². The van der Waals surface area contributed by atoms with Crippen LogP contribution in [-0.4, -0.2) is 22.0 Å². The van der Waals surface area contributed by atoms with Crippen LogP contribution in [0.5, 0.6) is 11.5 Å². The van der Waals surface area contributed by atoms with Gasteiger partial charge < -0.3 is 9.47 Å². The first kappa shape index (κ1) is 24.0. The highest BCUT2D eigenvalue weighted by molar-refractivity contribution is 7.69. The van der Waals surface area contributed by atoms with Gasteiger partial charge in [-0.2, -0.15) is 0 Å². The van der Waals surface area contributed by atoms with E-state index >= 15 is 0 Å². The van der Waals surface area contributed by atoms with Crippen LogP contribution >= 0.6 is 15.8 Å². The molecule has 2 heterocycles. The Morgan fingerprint density at radius 1 is 0.625 bits per heavy atom. The summed E-state index contributed by atoms with van der Waals surface area (Å²) in [4.78, 5) is 0. The van der Waals surface area contributed by atoms with Gasteiger partial charge in [0, 0.05) is 10.6 Å². The summed E-state index contributed by atoms with van der Waals surface area (Å²) in [5.74, 6) is 3.70. The van der Waals surface area contributed by atoms with Gasteiger partial charge in [0.05, 0.1) is 0 Å². The van der Waals surface area contributed by atoms with E-state index in [4.69, 9.17) is 9.47 Å². The molecule has 2 aromatic carbocycles. The topological polar surface area (TPSA) is 18.5 Å². The van der Waals surface area contributed by atoms with Crippen molar-refractivity contribution in [3.8, 4) is 22.6 Å². The largest absolute Gasteiger partial charge is 0.485 e. The van der Waals surface area contributed by atoms with Crippen LogP contribution in [0.4, 0.5) is 0 Å². The van der Waals surface area contributed by atoms with Gasteiger partial charge in [-0.25, -0.2) is 0 Å². The molecule has 4 rings (SSSR count). The van der Waals surface area contributed by atoms with Gasteiger partial charge in [-0.3, -0.25) is 0 Å². The molecule has 2 aromatic rings. The molecule has 0 saturated heterocycles. The number of fused-ring (bicyclic) bond motifs is 2. The summed E-state index contributed by atoms with van der Waals surface area (Å²) in [7, 11) is -0.955. The second kappa shape index (κ2) is 8.29. The molecule has 4 atom stereocenters. The Hall–Kier alpha value is -1.10. The molecule has 0 fully saturated rings. The smallest absolute Gasteiger partial charge is 0.128 e. The molecule has 0 amide bonds. The summed E-state index contributed by atoms with van der Waals surface area (Å²) < 4.78 is 13.3. The summed E-state index contributed by atoms with van der Waals surface area (Å²) in [6.45, 7) is 23.5. The Kier molecular flexibility index (Phi) is 6.22. The first-order valence-corrected chi connectivity index (χ1v) is 14.8. The lowest BCUT2D eigenvalue weighted by Gasteiger charge is -2.35. The summed E-state index contributed by atoms with van der Waals surface area (Å²) >= 11 is 0. The molecule has 4 heteroatoms. The summed E-state index contributed by atoms with van der Waals surface area (Å²) in [6, 6.07) is 13.4. The SMILES string of the molecule is CC(C)[C@H]1Oc2cccc(-c3cccc4c3[P@@](C(C)(C)C)[C@@H](C(C)C)O4)c2[P@@]1C(C)(C)C. The van der Waals surface area contributed by atoms with Gasteiger partial charge in [-0.05, 0) is 61.3 Å². The summed E-state index contributed by atoms with van der Waals surface area (Å²) in [5.41, 5.74) is 2.74. The molecule has 0 saturated carbocycles. The fourth-order valence-electron chi connectivity index (χ4n) is 5.09. The number of ether oxygens (including phenoxy) is 2. The molecule has 0 bridgehead atoms. The third-order valence-corrected chi connectivity index (χ3v) is 13.6. The number of benzene rings is 2. The lowest BCUT2D eigenvalue weighted by Crippen LogP contribution is -2.29. The van der Waals surface area contributed by atoms with E-state index in [1.54, 1.807) is 0 Å². The average Bonchev–Trinajstić information content (AvgIpc) is 3.26. The Balaban J connectivity index is 1.96. The van der Waals surface area contributed by atoms with E-state index in [1.807, 2.05) is 0 Å². The van der Waals surface area contributed by atoms with E-state index in [2.05, 4.69) is 106 Å². The monoisotopic (exact) mass is 470 g/mol. The van der Waals surface area contributed by atoms with E-state index in [0.717, 1.165) is 11.5 Å². The number of hydrogen-bond acceptors (Lipinski definition) is 2. The molecule has 0 aromatic heterocycles. The van der Waals surface area contributed by atoms with Crippen molar-refractivity contribution in [3.05, 3.63) is 36.4 Å². The Morgan fingerprint density at radius 3 is 1.25 bits per heavy atom. The van der Waals surface area contributed by atoms with Crippen molar-refractivity contribution >= 4 is 26.5 Å². The maximum absolute atomic E-state index is 6.65. The molecular weight excluding hydrogens is 430 g/mol. The Bertz CT molecular complexity index is 916. The normalized spacial score (nSPS) is 25.0. The zero-order chi connectivity index (χ0) is 23.6. The minimum absolute atomic E-state index is 0.176. The van der Waals surface area contributed by atoms with Crippen LogP contribution in [-0.2, 0) is 0 Å². The van der Waals surface area contributed by atoms with Crippen LogP contribution in [0.25, 0.3) is 11.1 Å². The summed E-state index contributed by atoms with van der Waals surface area (Å²) in [6.07, 6.45) is 0. The van der Waals surface area contributed by atoms with E-state index in [9.17, 15) is 0 Å². The molecule has 2 aliphatic rings. The van der Waals surface area contributed by atoms with Gasteiger partial charge in [0.2, 0.25) is 0 Å². The molecule has 0 spiro atoms. The highest BCUT2D eigenvalue weighted by Crippen LogP contribution is 2.64. The predicted molar refractivity (Wildman–Crippen MR) is 143 cm³/mol. The average molecular weight is 471 g/mol. The van der Waals surface area contributed by atoms with Gasteiger partial charge >= 0.3 is 0 Å². The lowest BCUT2D eigenvalue weighted by molar-refractivity contribution is 0.239. The fourth-order valence-corrected chi connectivity index (χ4v) is 11.7. The third-order valence-electron chi connectivity index (χ3n) is 6.36. The van der Waals surface area contributed by atoms with E-state index in [1.165, 1.54) is 21.7 Å². The zero-order valence-corrected chi connectivity index (χ0v) is 23.3. The Labute approximate surface area is 198 Å². The van der Waals surface area contributed by atoms with Crippen molar-refractivity contribution < 1.29 is 9.47 Å². The molecule has 0 aliphatic carbocycles. The number of rotatable bonds is 3. The Morgan fingerprint density at radius 2 is 0.969 bits per heavy atom. The van der Waals surface area contributed by atoms with Crippen LogP contribution in [0.1, 0.15) is 69.2 Å². The molecule has 32 heavy (non-hydrogen) atoms. The predicted octanol–water partition coefficient (Wildman–Crippen LogP) is 7.91. The maximum Gasteiger partial charge on any atom is 0.128 e. The van der Waals surface area contributed by atoms with Crippen molar-refractivity contribution in [1.82, 2.24) is 0 Å². The minimum Gasteiger partial charge on any atom is -0.485 e. The van der Waals surface area contributed by atoms with Gasteiger partial charge in [-0.15, -0.1) is 0 Å². The van der Waals surface area contributed by atoms with Crippen molar-refractivity contribution in [2.24, 2.45) is 11.8 Å². The third kappa shape index (κ3) is 4.01. The minimum atomic E-state index is -0.478. The van der Waals surface area contributed by atoms with E-state index < -0.39 is 15.8 Å². The molecule has 0 N–H and O–H groups in total. The molecule has 2 nitrogen and oxygen atoms in total. The molecular formula is C28H40O2P2. The zero-order valence-electron chi connectivity index (χ0n) is 21.5.